The molecule has 0 aliphatic carbocycles. The number of nitrogens with one attached hydrogen (secondary N) is 1. The van der Waals surface area contributed by atoms with Crippen molar-refractivity contribution in [3.63, 3.8) is 0 Å². The Morgan fingerprint density at radius 2 is 2.37 bits per heavy atom. The number of hydrogen-bond donors (Lipinski definition) is 2. The van der Waals surface area contributed by atoms with Crippen LogP contribution in [0.4, 0.5) is 10.5 Å². The molecule has 2 rings (SSSR count). The minimum absolute atomic E-state index is 0.0329. The number of hydrogen-bond acceptors (Lipinski definition) is 5. The third-order valence-electron chi connectivity index (χ3n) is 2.40. The van der Waals surface area contributed by atoms with Gasteiger partial charge in [-0.1, -0.05) is 12.1 Å². The summed E-state index contributed by atoms with van der Waals surface area (Å²) in [6, 6.07) is 7.17. The lowest BCUT2D eigenvalue weighted by atomic mass is 10.2. The Balaban J connectivity index is 2.12. The number of nitrogens with zero attached hydrogens (tertiary/aromatic N) is 3. The highest BCUT2D eigenvalue weighted by Gasteiger charge is 2.07. The summed E-state index contributed by atoms with van der Waals surface area (Å²) in [4.78, 5) is 11.4. The summed E-state index contributed by atoms with van der Waals surface area (Å²) < 4.78 is 6.50. The Kier molecular flexibility index (Phi) is 4.09. The van der Waals surface area contributed by atoms with Gasteiger partial charge < -0.3 is 14.4 Å². The molecule has 0 saturated heterocycles. The van der Waals surface area contributed by atoms with Gasteiger partial charge in [0.1, 0.15) is 12.9 Å². The molecule has 100 valence electrons. The van der Waals surface area contributed by atoms with Gasteiger partial charge in [-0.05, 0) is 12.1 Å². The summed E-state index contributed by atoms with van der Waals surface area (Å²) in [5, 5.41) is 18.9. The van der Waals surface area contributed by atoms with Crippen LogP contribution in [0, 0.1) is 0 Å². The molecule has 7 nitrogen and oxygen atoms in total. The molecule has 0 bridgehead atoms. The van der Waals surface area contributed by atoms with Crippen molar-refractivity contribution in [2.45, 2.75) is 0 Å². The summed E-state index contributed by atoms with van der Waals surface area (Å²) >= 11 is 0. The Morgan fingerprint density at radius 1 is 1.53 bits per heavy atom. The van der Waals surface area contributed by atoms with Crippen LogP contribution in [0.5, 0.6) is 0 Å². The third kappa shape index (κ3) is 3.29. The first-order valence-corrected chi connectivity index (χ1v) is 5.70. The van der Waals surface area contributed by atoms with Crippen molar-refractivity contribution >= 4 is 11.8 Å². The molecule has 1 heterocycles. The highest BCUT2D eigenvalue weighted by atomic mass is 16.6. The van der Waals surface area contributed by atoms with E-state index in [1.54, 1.807) is 29.1 Å². The molecule has 0 spiro atoms. The minimum Gasteiger partial charge on any atom is -0.447 e. The number of aromatic nitrogens is 3. The van der Waals surface area contributed by atoms with Gasteiger partial charge in [0, 0.05) is 18.3 Å². The lowest BCUT2D eigenvalue weighted by Crippen LogP contribution is -2.15. The smallest absolute Gasteiger partial charge is 0.411 e. The Labute approximate surface area is 109 Å². The molecule has 0 fully saturated rings. The van der Waals surface area contributed by atoms with Crippen LogP contribution in [0.2, 0.25) is 0 Å². The summed E-state index contributed by atoms with van der Waals surface area (Å²) in [7, 11) is 1.84. The van der Waals surface area contributed by atoms with Crippen molar-refractivity contribution in [1.82, 2.24) is 14.8 Å². The van der Waals surface area contributed by atoms with Crippen molar-refractivity contribution in [1.29, 1.82) is 0 Å². The van der Waals surface area contributed by atoms with E-state index in [4.69, 9.17) is 9.84 Å². The molecule has 1 amide bonds. The molecule has 0 aliphatic heterocycles. The van der Waals surface area contributed by atoms with Gasteiger partial charge in [0.25, 0.3) is 0 Å². The van der Waals surface area contributed by atoms with E-state index in [2.05, 4.69) is 15.5 Å². The Hall–Kier alpha value is -2.41. The number of aryl methyl sites for hydroxylation is 1. The first kappa shape index (κ1) is 13.0. The fourth-order valence-electron chi connectivity index (χ4n) is 1.57. The highest BCUT2D eigenvalue weighted by Crippen LogP contribution is 2.20. The number of rotatable bonds is 4. The lowest BCUT2D eigenvalue weighted by molar-refractivity contribution is 0.131. The third-order valence-corrected chi connectivity index (χ3v) is 2.40. The first-order chi connectivity index (χ1) is 9.20. The fraction of sp³-hybridized carbons (Fsp3) is 0.250. The minimum atomic E-state index is -0.607. The predicted octanol–water partition coefficient (Wildman–Crippen LogP) is 1.02. The molecule has 1 aromatic heterocycles. The Bertz CT molecular complexity index is 568. The van der Waals surface area contributed by atoms with Crippen LogP contribution in [0.25, 0.3) is 11.4 Å². The number of carbonyl (C=O) groups excluding carboxylic acids is 1. The maximum Gasteiger partial charge on any atom is 0.411 e. The largest absolute Gasteiger partial charge is 0.447 e. The van der Waals surface area contributed by atoms with Crippen molar-refractivity contribution in [3.05, 3.63) is 30.6 Å². The van der Waals surface area contributed by atoms with E-state index < -0.39 is 6.09 Å². The number of ether oxygens (including phenoxy) is 1. The van der Waals surface area contributed by atoms with Gasteiger partial charge in [-0.2, -0.15) is 0 Å². The standard InChI is InChI=1S/C12H14N4O3/c1-16-8-13-15-11(16)9-3-2-4-10(7-9)14-12(18)19-6-5-17/h2-4,7-8,17H,5-6H2,1H3,(H,14,18). The van der Waals surface area contributed by atoms with Crippen molar-refractivity contribution < 1.29 is 14.6 Å². The zero-order valence-electron chi connectivity index (χ0n) is 10.4. The zero-order chi connectivity index (χ0) is 13.7. The number of aliphatic hydroxyl groups is 1. The van der Waals surface area contributed by atoms with Gasteiger partial charge in [-0.15, -0.1) is 10.2 Å². The van der Waals surface area contributed by atoms with Crippen LogP contribution in [-0.2, 0) is 11.8 Å². The van der Waals surface area contributed by atoms with Crippen LogP contribution >= 0.6 is 0 Å². The van der Waals surface area contributed by atoms with Gasteiger partial charge in [0.05, 0.1) is 6.61 Å². The van der Waals surface area contributed by atoms with Crippen LogP contribution < -0.4 is 5.32 Å². The Morgan fingerprint density at radius 3 is 3.05 bits per heavy atom. The fourth-order valence-corrected chi connectivity index (χ4v) is 1.57. The number of aliphatic hydroxyl groups excluding tert-OH is 1. The number of amides is 1. The second-order valence-electron chi connectivity index (χ2n) is 3.83. The van der Waals surface area contributed by atoms with Crippen LogP contribution in [0.1, 0.15) is 0 Å². The van der Waals surface area contributed by atoms with Gasteiger partial charge >= 0.3 is 6.09 Å². The second-order valence-corrected chi connectivity index (χ2v) is 3.83. The molecule has 0 saturated carbocycles. The van der Waals surface area contributed by atoms with Gasteiger partial charge in [-0.25, -0.2) is 4.79 Å². The van der Waals surface area contributed by atoms with Gasteiger partial charge in [0.15, 0.2) is 5.82 Å². The average molecular weight is 262 g/mol. The van der Waals surface area contributed by atoms with Crippen molar-refractivity contribution in [2.75, 3.05) is 18.5 Å². The molecule has 0 unspecified atom stereocenters. The normalized spacial score (nSPS) is 10.2. The molecule has 2 N–H and O–H groups in total. The van der Waals surface area contributed by atoms with E-state index in [1.807, 2.05) is 13.1 Å². The zero-order valence-corrected chi connectivity index (χ0v) is 10.4. The molecule has 0 radical (unpaired) electrons. The molecule has 19 heavy (non-hydrogen) atoms. The number of carbonyl (C=O) groups is 1. The lowest BCUT2D eigenvalue weighted by Gasteiger charge is -2.07. The van der Waals surface area contributed by atoms with Crippen molar-refractivity contribution in [3.8, 4) is 11.4 Å². The summed E-state index contributed by atoms with van der Waals surface area (Å²) in [5.74, 6) is 0.701. The van der Waals surface area contributed by atoms with E-state index >= 15 is 0 Å². The quantitative estimate of drug-likeness (QED) is 0.858. The van der Waals surface area contributed by atoms with E-state index in [0.29, 0.717) is 11.5 Å². The van der Waals surface area contributed by atoms with E-state index in [0.717, 1.165) is 5.56 Å². The second kappa shape index (κ2) is 5.96. The SMILES string of the molecule is Cn1cnnc1-c1cccc(NC(=O)OCCO)c1. The van der Waals surface area contributed by atoms with Crippen LogP contribution in [-0.4, -0.2) is 39.2 Å². The van der Waals surface area contributed by atoms with E-state index in [9.17, 15) is 4.79 Å². The molecule has 2 aromatic rings. The van der Waals surface area contributed by atoms with Gasteiger partial charge in [0.2, 0.25) is 0 Å². The maximum absolute atomic E-state index is 11.4. The first-order valence-electron chi connectivity index (χ1n) is 5.70. The van der Waals surface area contributed by atoms with Crippen LogP contribution in [0.3, 0.4) is 0 Å². The summed E-state index contributed by atoms with van der Waals surface area (Å²) in [5.41, 5.74) is 1.42. The highest BCUT2D eigenvalue weighted by molar-refractivity contribution is 5.85. The molecule has 0 atom stereocenters. The number of benzene rings is 1. The summed E-state index contributed by atoms with van der Waals surface area (Å²) in [6.45, 7) is -0.235. The monoisotopic (exact) mass is 262 g/mol. The molecular weight excluding hydrogens is 248 g/mol. The number of anilines is 1. The van der Waals surface area contributed by atoms with Crippen LogP contribution in [0.15, 0.2) is 30.6 Å². The molecular formula is C12H14N4O3. The topological polar surface area (TPSA) is 89.3 Å². The predicted molar refractivity (Wildman–Crippen MR) is 68.5 cm³/mol. The average Bonchev–Trinajstić information content (AvgIpc) is 2.83. The molecule has 7 heteroatoms. The maximum atomic E-state index is 11.4. The van der Waals surface area contributed by atoms with Crippen molar-refractivity contribution in [2.24, 2.45) is 7.05 Å². The summed E-state index contributed by atoms with van der Waals surface area (Å²) in [6.07, 6.45) is 0.995. The van der Waals surface area contributed by atoms with Gasteiger partial charge in [-0.3, -0.25) is 5.32 Å². The van der Waals surface area contributed by atoms with E-state index in [-0.39, 0.29) is 13.2 Å². The molecule has 0 aliphatic rings. The molecule has 1 aromatic carbocycles. The van der Waals surface area contributed by atoms with E-state index in [1.165, 1.54) is 0 Å².